The highest BCUT2D eigenvalue weighted by Gasteiger charge is 2.48. The van der Waals surface area contributed by atoms with Gasteiger partial charge >= 0.3 is 0 Å². The molecule has 0 bridgehead atoms. The van der Waals surface area contributed by atoms with E-state index in [1.165, 1.54) is 63.5 Å². The zero-order chi connectivity index (χ0) is 35.0. The number of ether oxygens (including phenoxy) is 4. The molecule has 0 saturated heterocycles. The number of thiophene rings is 2. The molecule has 5 aromatic carbocycles. The van der Waals surface area contributed by atoms with Gasteiger partial charge in [0.2, 0.25) is 0 Å². The monoisotopic (exact) mass is 718 g/mol. The lowest BCUT2D eigenvalue weighted by Gasteiger charge is -2.43. The summed E-state index contributed by atoms with van der Waals surface area (Å²) in [7, 11) is 0. The first kappa shape index (κ1) is 30.5. The molecular weight excluding hydrogens is 683 g/mol. The summed E-state index contributed by atoms with van der Waals surface area (Å²) in [5.41, 5.74) is 14.5. The smallest absolute Gasteiger partial charge is 0.256 e. The Labute approximate surface area is 310 Å². The second kappa shape index (κ2) is 10.9. The van der Waals surface area contributed by atoms with Crippen molar-refractivity contribution in [2.45, 2.75) is 34.6 Å². The largest absolute Gasteiger partial charge is 0.486 e. The average molecular weight is 719 g/mol. The molecule has 11 rings (SSSR count). The van der Waals surface area contributed by atoms with Gasteiger partial charge in [-0.25, -0.2) is 0 Å². The lowest BCUT2D eigenvalue weighted by Crippen LogP contribution is -2.60. The van der Waals surface area contributed by atoms with Gasteiger partial charge in [0.05, 0.1) is 21.4 Å². The third kappa shape index (κ3) is 4.01. The van der Waals surface area contributed by atoms with Gasteiger partial charge < -0.3 is 28.7 Å². The van der Waals surface area contributed by atoms with Gasteiger partial charge in [-0.05, 0) is 115 Å². The van der Waals surface area contributed by atoms with Crippen LogP contribution in [0, 0.1) is 34.6 Å². The van der Waals surface area contributed by atoms with Crippen molar-refractivity contribution in [3.8, 4) is 23.0 Å². The molecule has 6 nitrogen and oxygen atoms in total. The van der Waals surface area contributed by atoms with E-state index in [4.69, 9.17) is 18.9 Å². The summed E-state index contributed by atoms with van der Waals surface area (Å²) in [6, 6.07) is 27.0. The Morgan fingerprint density at radius 1 is 0.538 bits per heavy atom. The molecule has 0 unspecified atom stereocenters. The van der Waals surface area contributed by atoms with E-state index in [1.54, 1.807) is 0 Å². The second-order valence-electron chi connectivity index (χ2n) is 14.3. The number of hydrogen-bond acceptors (Lipinski definition) is 8. The van der Waals surface area contributed by atoms with Crippen LogP contribution >= 0.6 is 22.7 Å². The maximum atomic E-state index is 6.33. The molecule has 6 heterocycles. The maximum Gasteiger partial charge on any atom is 0.256 e. The van der Waals surface area contributed by atoms with E-state index in [0.717, 1.165) is 56.6 Å². The number of hydrogen-bond donors (Lipinski definition) is 0. The van der Waals surface area contributed by atoms with Gasteiger partial charge in [0, 0.05) is 31.9 Å². The van der Waals surface area contributed by atoms with Crippen LogP contribution in [0.1, 0.15) is 27.8 Å². The first-order chi connectivity index (χ1) is 25.4. The Morgan fingerprint density at radius 3 is 1.46 bits per heavy atom. The van der Waals surface area contributed by atoms with Gasteiger partial charge in [-0.1, -0.05) is 36.4 Å². The van der Waals surface area contributed by atoms with E-state index in [0.29, 0.717) is 26.4 Å². The summed E-state index contributed by atoms with van der Waals surface area (Å²) in [5.74, 6) is 3.34. The van der Waals surface area contributed by atoms with Crippen LogP contribution in [0.5, 0.6) is 23.0 Å². The lowest BCUT2D eigenvalue weighted by atomic mass is 9.33. The third-order valence-electron chi connectivity index (χ3n) is 11.2. The fourth-order valence-electron chi connectivity index (χ4n) is 9.21. The molecule has 0 spiro atoms. The molecular formula is C43H35BN2O4S2. The SMILES string of the molecule is Cc1cc2c3c(c1)N(c1c(C)cc4c(c1C)OCCO4)c1sc4ccccc4c1B3c1c(sc3ccccc13)N2c1c(C)cc2c(c1C)OCCO2. The Hall–Kier alpha value is -5.12. The van der Waals surface area contributed by atoms with Crippen molar-refractivity contribution in [1.82, 2.24) is 0 Å². The van der Waals surface area contributed by atoms with Crippen molar-refractivity contribution in [2.24, 2.45) is 0 Å². The average Bonchev–Trinajstić information content (AvgIpc) is 3.72. The highest BCUT2D eigenvalue weighted by Crippen LogP contribution is 2.55. The van der Waals surface area contributed by atoms with Crippen LogP contribution in [-0.2, 0) is 0 Å². The van der Waals surface area contributed by atoms with Crippen molar-refractivity contribution in [2.75, 3.05) is 36.2 Å². The summed E-state index contributed by atoms with van der Waals surface area (Å²) in [6.07, 6.45) is 0. The van der Waals surface area contributed by atoms with E-state index in [9.17, 15) is 0 Å². The fraction of sp³-hybridized carbons (Fsp3) is 0.209. The van der Waals surface area contributed by atoms with Crippen LogP contribution < -0.4 is 45.1 Å². The van der Waals surface area contributed by atoms with Crippen LogP contribution in [0.2, 0.25) is 0 Å². The van der Waals surface area contributed by atoms with Crippen molar-refractivity contribution >= 4 is 98.7 Å². The molecule has 0 radical (unpaired) electrons. The first-order valence-electron chi connectivity index (χ1n) is 18.0. The van der Waals surface area contributed by atoms with Crippen molar-refractivity contribution in [3.05, 3.63) is 101 Å². The summed E-state index contributed by atoms with van der Waals surface area (Å²) in [6.45, 7) is 13.3. The van der Waals surface area contributed by atoms with E-state index < -0.39 is 0 Å². The van der Waals surface area contributed by atoms with Crippen molar-refractivity contribution < 1.29 is 18.9 Å². The van der Waals surface area contributed by atoms with E-state index >= 15 is 0 Å². The van der Waals surface area contributed by atoms with Crippen LogP contribution in [0.3, 0.4) is 0 Å². The molecule has 9 heteroatoms. The van der Waals surface area contributed by atoms with E-state index in [2.05, 4.69) is 117 Å². The highest BCUT2D eigenvalue weighted by atomic mass is 32.1. The predicted octanol–water partition coefficient (Wildman–Crippen LogP) is 9.28. The number of aryl methyl sites for hydroxylation is 3. The molecule has 0 fully saturated rings. The molecule has 0 atom stereocenters. The quantitative estimate of drug-likeness (QED) is 0.166. The molecule has 256 valence electrons. The van der Waals surface area contributed by atoms with Crippen LogP contribution in [0.4, 0.5) is 32.8 Å². The van der Waals surface area contributed by atoms with Crippen molar-refractivity contribution in [3.63, 3.8) is 0 Å². The topological polar surface area (TPSA) is 43.4 Å². The Bertz CT molecular complexity index is 2520. The molecule has 0 aliphatic carbocycles. The minimum Gasteiger partial charge on any atom is -0.486 e. The fourth-order valence-corrected chi connectivity index (χ4v) is 11.7. The Kier molecular flexibility index (Phi) is 6.42. The Morgan fingerprint density at radius 2 is 0.981 bits per heavy atom. The van der Waals surface area contributed by atoms with Gasteiger partial charge in [-0.15, -0.1) is 22.7 Å². The first-order valence-corrected chi connectivity index (χ1v) is 19.6. The zero-order valence-electron chi connectivity index (χ0n) is 29.7. The molecule has 0 N–H and O–H groups in total. The number of nitrogens with zero attached hydrogens (tertiary/aromatic N) is 2. The highest BCUT2D eigenvalue weighted by molar-refractivity contribution is 7.29. The maximum absolute atomic E-state index is 6.33. The number of anilines is 6. The molecule has 4 aliphatic rings. The standard InChI is InChI=1S/C43H35BN2O4S2/c1-22-18-29-37-30(19-22)46(39-24(3)21-32-41(26(39)5)50-17-15-48-32)43-36(28-11-7-9-13-34(28)52-43)44(37)35-27-10-6-8-12-33(27)51-42(35)45(29)38-23(2)20-31-40(25(38)4)49-16-14-47-31/h6-13,18-21H,14-17H2,1-5H3. The Balaban J connectivity index is 1.29. The molecule has 4 aliphatic heterocycles. The van der Waals surface area contributed by atoms with Gasteiger partial charge in [0.1, 0.15) is 26.4 Å². The lowest BCUT2D eigenvalue weighted by molar-refractivity contribution is 0.170. The van der Waals surface area contributed by atoms with Crippen molar-refractivity contribution in [1.29, 1.82) is 0 Å². The van der Waals surface area contributed by atoms with Gasteiger partial charge in [0.25, 0.3) is 6.71 Å². The number of rotatable bonds is 2. The van der Waals surface area contributed by atoms with E-state index in [1.807, 2.05) is 22.7 Å². The second-order valence-corrected chi connectivity index (χ2v) is 16.4. The van der Waals surface area contributed by atoms with E-state index in [-0.39, 0.29) is 6.71 Å². The van der Waals surface area contributed by atoms with Crippen LogP contribution in [-0.4, -0.2) is 33.1 Å². The molecule has 2 aromatic heterocycles. The number of fused-ring (bicyclic) bond motifs is 10. The van der Waals surface area contributed by atoms with Crippen LogP contribution in [0.15, 0.2) is 72.8 Å². The third-order valence-corrected chi connectivity index (χ3v) is 13.5. The summed E-state index contributed by atoms with van der Waals surface area (Å²) >= 11 is 3.78. The summed E-state index contributed by atoms with van der Waals surface area (Å²) in [5, 5.41) is 5.15. The summed E-state index contributed by atoms with van der Waals surface area (Å²) < 4.78 is 27.5. The molecule has 52 heavy (non-hydrogen) atoms. The minimum absolute atomic E-state index is 0.0334. The molecule has 7 aromatic rings. The van der Waals surface area contributed by atoms with Gasteiger partial charge in [-0.3, -0.25) is 0 Å². The predicted molar refractivity (Wildman–Crippen MR) is 217 cm³/mol. The van der Waals surface area contributed by atoms with Gasteiger partial charge in [0.15, 0.2) is 23.0 Å². The van der Waals surface area contributed by atoms with Crippen LogP contribution in [0.25, 0.3) is 20.2 Å². The summed E-state index contributed by atoms with van der Waals surface area (Å²) in [4.78, 5) is 5.10. The molecule has 0 saturated carbocycles. The number of benzene rings is 5. The molecule has 0 amide bonds. The van der Waals surface area contributed by atoms with Gasteiger partial charge in [-0.2, -0.15) is 0 Å². The zero-order valence-corrected chi connectivity index (χ0v) is 31.3. The normalized spacial score (nSPS) is 15.2. The minimum atomic E-state index is 0.0334.